The Hall–Kier alpha value is -2.01. The Morgan fingerprint density at radius 1 is 0.781 bits per heavy atom. The second-order valence-corrected chi connectivity index (χ2v) is 8.74. The lowest BCUT2D eigenvalue weighted by Gasteiger charge is -2.24. The lowest BCUT2D eigenvalue weighted by molar-refractivity contribution is -0.121. The highest BCUT2D eigenvalue weighted by atomic mass is 32.2. The number of Topliss-reactive ketones (excluding diaryl/α,β-unsaturated/α-hetero) is 1. The van der Waals surface area contributed by atoms with Crippen molar-refractivity contribution >= 4 is 29.3 Å². The van der Waals surface area contributed by atoms with Crippen LogP contribution in [0.5, 0.6) is 11.5 Å². The summed E-state index contributed by atoms with van der Waals surface area (Å²) < 4.78 is 87.7. The summed E-state index contributed by atoms with van der Waals surface area (Å²) in [7, 11) is 2.72. The van der Waals surface area contributed by atoms with Crippen LogP contribution in [0.2, 0.25) is 0 Å². The van der Waals surface area contributed by atoms with E-state index in [-0.39, 0.29) is 11.1 Å². The zero-order valence-electron chi connectivity index (χ0n) is 17.0. The van der Waals surface area contributed by atoms with Gasteiger partial charge in [0.05, 0.1) is 26.1 Å². The fraction of sp³-hybridized carbons (Fsp3) is 0.381. The number of halogens is 6. The summed E-state index contributed by atoms with van der Waals surface area (Å²) in [5.74, 6) is -4.07. The number of methoxy groups -OCH3 is 2. The van der Waals surface area contributed by atoms with E-state index in [1.807, 2.05) is 0 Å². The molecule has 0 amide bonds. The van der Waals surface area contributed by atoms with Crippen molar-refractivity contribution in [3.8, 4) is 11.5 Å². The third kappa shape index (κ3) is 8.16. The summed E-state index contributed by atoms with van der Waals surface area (Å²) in [4.78, 5) is 13.4. The van der Waals surface area contributed by atoms with Crippen LogP contribution in [0.15, 0.2) is 48.5 Å². The first-order chi connectivity index (χ1) is 14.9. The van der Waals surface area contributed by atoms with Gasteiger partial charge in [0.1, 0.15) is 17.3 Å². The molecular formula is C21H20F6O3S2. The first kappa shape index (κ1) is 26.2. The number of ether oxygens (including phenoxy) is 2. The topological polar surface area (TPSA) is 35.5 Å². The molecule has 2 aromatic carbocycles. The smallest absolute Gasteiger partial charge is 0.441 e. The maximum absolute atomic E-state index is 13.4. The molecule has 3 nitrogen and oxygen atoms in total. The Bertz CT molecular complexity index is 830. The van der Waals surface area contributed by atoms with Crippen molar-refractivity contribution in [2.45, 2.75) is 22.9 Å². The summed E-state index contributed by atoms with van der Waals surface area (Å²) >= 11 is -0.786. The van der Waals surface area contributed by atoms with Crippen LogP contribution in [0.3, 0.4) is 0 Å². The minimum Gasteiger partial charge on any atom is -0.497 e. The van der Waals surface area contributed by atoms with Crippen molar-refractivity contribution in [3.63, 3.8) is 0 Å². The van der Waals surface area contributed by atoms with E-state index in [1.165, 1.54) is 50.6 Å². The van der Waals surface area contributed by atoms with Gasteiger partial charge in [-0.3, -0.25) is 4.79 Å². The Labute approximate surface area is 189 Å². The highest BCUT2D eigenvalue weighted by molar-refractivity contribution is 8.00. The maximum atomic E-state index is 13.4. The van der Waals surface area contributed by atoms with E-state index in [1.54, 1.807) is 12.1 Å². The second-order valence-electron chi connectivity index (χ2n) is 6.57. The van der Waals surface area contributed by atoms with E-state index in [4.69, 9.17) is 9.47 Å². The van der Waals surface area contributed by atoms with Crippen molar-refractivity contribution in [1.29, 1.82) is 0 Å². The van der Waals surface area contributed by atoms with E-state index in [9.17, 15) is 31.1 Å². The number of thioether (sulfide) groups is 2. The molecule has 2 rings (SSSR count). The average Bonchev–Trinajstić information content (AvgIpc) is 2.72. The van der Waals surface area contributed by atoms with Crippen LogP contribution in [-0.2, 0) is 4.79 Å². The molecule has 2 unspecified atom stereocenters. The normalized spacial score (nSPS) is 14.0. The fourth-order valence-electron chi connectivity index (χ4n) is 3.00. The molecule has 2 atom stereocenters. The molecule has 2 aromatic rings. The lowest BCUT2D eigenvalue weighted by Crippen LogP contribution is -2.26. The highest BCUT2D eigenvalue weighted by Crippen LogP contribution is 2.40. The van der Waals surface area contributed by atoms with Gasteiger partial charge in [-0.1, -0.05) is 24.3 Å². The van der Waals surface area contributed by atoms with Crippen molar-refractivity contribution in [2.24, 2.45) is 0 Å². The number of ketones is 1. The number of hydrogen-bond acceptors (Lipinski definition) is 5. The van der Waals surface area contributed by atoms with Crippen molar-refractivity contribution in [2.75, 3.05) is 25.7 Å². The molecule has 32 heavy (non-hydrogen) atoms. The molecule has 0 saturated heterocycles. The largest absolute Gasteiger partial charge is 0.497 e. The number of rotatable bonds is 10. The average molecular weight is 499 g/mol. The molecule has 0 bridgehead atoms. The zero-order chi connectivity index (χ0) is 23.9. The van der Waals surface area contributed by atoms with Gasteiger partial charge in [0.25, 0.3) is 0 Å². The molecule has 176 valence electrons. The predicted molar refractivity (Wildman–Crippen MR) is 114 cm³/mol. The minimum absolute atomic E-state index is 0.232. The standard InChI is InChI=1S/C21H20F6O3S2/c1-29-15-7-3-5-13(9-15)17(11-31-20(22,23)24)19(28)18(12-32-21(25,26)27)14-6-4-8-16(10-14)30-2/h3-10,17-18H,11-12H2,1-2H3. The summed E-state index contributed by atoms with van der Waals surface area (Å²) in [6, 6.07) is 11.9. The Kier molecular flexibility index (Phi) is 9.20. The first-order valence-electron chi connectivity index (χ1n) is 9.16. The molecule has 0 heterocycles. The van der Waals surface area contributed by atoms with Gasteiger partial charge < -0.3 is 9.47 Å². The third-order valence-electron chi connectivity index (χ3n) is 4.51. The molecule has 0 aromatic heterocycles. The van der Waals surface area contributed by atoms with Crippen LogP contribution in [0, 0.1) is 0 Å². The molecule has 0 aliphatic rings. The Morgan fingerprint density at radius 3 is 1.47 bits per heavy atom. The van der Waals surface area contributed by atoms with Crippen LogP contribution in [0.4, 0.5) is 26.3 Å². The van der Waals surface area contributed by atoms with Crippen LogP contribution >= 0.6 is 23.5 Å². The zero-order valence-corrected chi connectivity index (χ0v) is 18.6. The second kappa shape index (κ2) is 11.2. The van der Waals surface area contributed by atoms with Crippen LogP contribution < -0.4 is 9.47 Å². The molecule has 0 aliphatic carbocycles. The summed E-state index contributed by atoms with van der Waals surface area (Å²) in [5.41, 5.74) is -8.75. The Morgan fingerprint density at radius 2 is 1.16 bits per heavy atom. The fourth-order valence-corrected chi connectivity index (χ4v) is 4.43. The predicted octanol–water partition coefficient (Wildman–Crippen LogP) is 6.65. The lowest BCUT2D eigenvalue weighted by atomic mass is 9.85. The molecule has 0 N–H and O–H groups in total. The van der Waals surface area contributed by atoms with E-state index in [2.05, 4.69) is 0 Å². The van der Waals surface area contributed by atoms with Crippen LogP contribution in [0.1, 0.15) is 23.0 Å². The van der Waals surface area contributed by atoms with Gasteiger partial charge in [0.15, 0.2) is 0 Å². The third-order valence-corrected chi connectivity index (χ3v) is 6.16. The van der Waals surface area contributed by atoms with Gasteiger partial charge in [-0.15, -0.1) is 0 Å². The minimum atomic E-state index is -4.61. The summed E-state index contributed by atoms with van der Waals surface area (Å²) in [6.45, 7) is 0. The van der Waals surface area contributed by atoms with E-state index >= 15 is 0 Å². The molecule has 0 radical (unpaired) electrons. The first-order valence-corrected chi connectivity index (χ1v) is 11.1. The van der Waals surface area contributed by atoms with Gasteiger partial charge >= 0.3 is 11.0 Å². The number of alkyl halides is 6. The molecule has 0 fully saturated rings. The van der Waals surface area contributed by atoms with Gasteiger partial charge in [0, 0.05) is 11.5 Å². The van der Waals surface area contributed by atoms with Gasteiger partial charge in [-0.25, -0.2) is 0 Å². The number of carbonyl (C=O) groups is 1. The van der Waals surface area contributed by atoms with Crippen LogP contribution in [-0.4, -0.2) is 42.5 Å². The highest BCUT2D eigenvalue weighted by Gasteiger charge is 2.38. The van der Waals surface area contributed by atoms with Gasteiger partial charge in [-0.05, 0) is 58.9 Å². The van der Waals surface area contributed by atoms with Gasteiger partial charge in [-0.2, -0.15) is 26.3 Å². The van der Waals surface area contributed by atoms with Crippen molar-refractivity contribution in [3.05, 3.63) is 59.7 Å². The van der Waals surface area contributed by atoms with E-state index in [0.29, 0.717) is 11.5 Å². The van der Waals surface area contributed by atoms with Crippen molar-refractivity contribution in [1.82, 2.24) is 0 Å². The SMILES string of the molecule is COc1cccc(C(CSC(F)(F)F)C(=O)C(CSC(F)(F)F)c2cccc(OC)c2)c1. The monoisotopic (exact) mass is 498 g/mol. The molecule has 0 spiro atoms. The van der Waals surface area contributed by atoms with E-state index in [0.717, 1.165) is 0 Å². The summed E-state index contributed by atoms with van der Waals surface area (Å²) in [6.07, 6.45) is 0. The summed E-state index contributed by atoms with van der Waals surface area (Å²) in [5, 5.41) is 0. The Balaban J connectivity index is 2.48. The number of benzene rings is 2. The molecule has 0 aliphatic heterocycles. The van der Waals surface area contributed by atoms with Crippen LogP contribution in [0.25, 0.3) is 0 Å². The maximum Gasteiger partial charge on any atom is 0.441 e. The number of carbonyl (C=O) groups excluding carboxylic acids is 1. The molecular weight excluding hydrogens is 478 g/mol. The van der Waals surface area contributed by atoms with E-state index < -0.39 is 63.7 Å². The quantitative estimate of drug-likeness (QED) is 0.343. The van der Waals surface area contributed by atoms with Gasteiger partial charge in [0.2, 0.25) is 0 Å². The molecule has 0 saturated carbocycles. The molecule has 11 heteroatoms. The van der Waals surface area contributed by atoms with Crippen molar-refractivity contribution < 1.29 is 40.6 Å². The number of hydrogen-bond donors (Lipinski definition) is 0.